The second-order valence-corrected chi connectivity index (χ2v) is 6.07. The van der Waals surface area contributed by atoms with Crippen LogP contribution in [0.1, 0.15) is 17.5 Å². The van der Waals surface area contributed by atoms with E-state index < -0.39 is 0 Å². The van der Waals surface area contributed by atoms with Gasteiger partial charge < -0.3 is 4.90 Å². The Morgan fingerprint density at radius 3 is 2.65 bits per heavy atom. The van der Waals surface area contributed by atoms with Crippen LogP contribution in [0, 0.1) is 11.3 Å². The molecule has 0 radical (unpaired) electrons. The summed E-state index contributed by atoms with van der Waals surface area (Å²) in [5.74, 6) is -0.0607. The largest absolute Gasteiger partial charge is 0.341 e. The number of benzene rings is 2. The summed E-state index contributed by atoms with van der Waals surface area (Å²) in [6.07, 6.45) is 1.70. The molecule has 0 bridgehead atoms. The molecule has 1 aromatic heterocycles. The molecule has 1 amide bonds. The van der Waals surface area contributed by atoms with Crippen molar-refractivity contribution >= 4 is 16.8 Å². The molecular formula is C20H18N4O2. The molecule has 130 valence electrons. The van der Waals surface area contributed by atoms with E-state index in [9.17, 15) is 9.59 Å². The van der Waals surface area contributed by atoms with E-state index in [2.05, 4.69) is 11.1 Å². The Bertz CT molecular complexity index is 1030. The van der Waals surface area contributed by atoms with Crippen molar-refractivity contribution in [2.24, 2.45) is 0 Å². The molecule has 6 nitrogen and oxygen atoms in total. The lowest BCUT2D eigenvalue weighted by Gasteiger charge is -2.17. The molecule has 3 rings (SSSR count). The third-order valence-corrected chi connectivity index (χ3v) is 4.23. The van der Waals surface area contributed by atoms with Crippen LogP contribution in [-0.4, -0.2) is 27.4 Å². The van der Waals surface area contributed by atoms with Crippen molar-refractivity contribution < 1.29 is 4.79 Å². The SMILES string of the molecule is CN(Cc1ccc(C#N)cc1)C(=O)CCn1cnc2ccccc2c1=O. The highest BCUT2D eigenvalue weighted by molar-refractivity contribution is 5.77. The minimum Gasteiger partial charge on any atom is -0.341 e. The minimum absolute atomic E-state index is 0.0607. The molecule has 0 aliphatic rings. The minimum atomic E-state index is -0.141. The van der Waals surface area contributed by atoms with Crippen LogP contribution in [0.4, 0.5) is 0 Å². The van der Waals surface area contributed by atoms with Crippen LogP contribution in [0.3, 0.4) is 0 Å². The lowest BCUT2D eigenvalue weighted by molar-refractivity contribution is -0.130. The zero-order valence-electron chi connectivity index (χ0n) is 14.4. The standard InChI is InChI=1S/C20H18N4O2/c1-23(13-16-8-6-15(12-21)7-9-16)19(25)10-11-24-14-22-18-5-3-2-4-17(18)20(24)26/h2-9,14H,10-11,13H2,1H3. The molecule has 26 heavy (non-hydrogen) atoms. The highest BCUT2D eigenvalue weighted by Gasteiger charge is 2.11. The van der Waals surface area contributed by atoms with E-state index in [-0.39, 0.29) is 24.4 Å². The van der Waals surface area contributed by atoms with Gasteiger partial charge in [0.2, 0.25) is 5.91 Å². The van der Waals surface area contributed by atoms with E-state index in [0.29, 0.717) is 23.0 Å². The van der Waals surface area contributed by atoms with Crippen molar-refractivity contribution in [1.82, 2.24) is 14.5 Å². The first-order valence-corrected chi connectivity index (χ1v) is 8.25. The highest BCUT2D eigenvalue weighted by atomic mass is 16.2. The molecule has 0 fully saturated rings. The molecular weight excluding hydrogens is 328 g/mol. The summed E-state index contributed by atoms with van der Waals surface area (Å²) in [6, 6.07) is 16.4. The highest BCUT2D eigenvalue weighted by Crippen LogP contribution is 2.08. The molecule has 0 saturated carbocycles. The van der Waals surface area contributed by atoms with Gasteiger partial charge in [0.1, 0.15) is 0 Å². The van der Waals surface area contributed by atoms with Crippen molar-refractivity contribution in [3.05, 3.63) is 76.3 Å². The smallest absolute Gasteiger partial charge is 0.261 e. The van der Waals surface area contributed by atoms with Crippen LogP contribution in [-0.2, 0) is 17.9 Å². The molecule has 0 aliphatic carbocycles. The molecule has 0 atom stereocenters. The Hall–Kier alpha value is -3.46. The second kappa shape index (κ2) is 7.62. The Morgan fingerprint density at radius 1 is 1.19 bits per heavy atom. The predicted molar refractivity (Wildman–Crippen MR) is 98.3 cm³/mol. The van der Waals surface area contributed by atoms with Crippen LogP contribution in [0.5, 0.6) is 0 Å². The average molecular weight is 346 g/mol. The summed E-state index contributed by atoms with van der Waals surface area (Å²) >= 11 is 0. The maximum Gasteiger partial charge on any atom is 0.261 e. The lowest BCUT2D eigenvalue weighted by atomic mass is 10.1. The summed E-state index contributed by atoms with van der Waals surface area (Å²) in [5.41, 5.74) is 2.05. The Balaban J connectivity index is 1.63. The van der Waals surface area contributed by atoms with Crippen LogP contribution in [0.2, 0.25) is 0 Å². The lowest BCUT2D eigenvalue weighted by Crippen LogP contribution is -2.29. The van der Waals surface area contributed by atoms with Gasteiger partial charge in [-0.25, -0.2) is 4.98 Å². The van der Waals surface area contributed by atoms with Gasteiger partial charge in [0, 0.05) is 26.6 Å². The third kappa shape index (κ3) is 3.78. The number of hydrogen-bond donors (Lipinski definition) is 0. The van der Waals surface area contributed by atoms with E-state index >= 15 is 0 Å². The fourth-order valence-electron chi connectivity index (χ4n) is 2.72. The second-order valence-electron chi connectivity index (χ2n) is 6.07. The molecule has 2 aromatic carbocycles. The molecule has 0 N–H and O–H groups in total. The maximum absolute atomic E-state index is 12.4. The monoisotopic (exact) mass is 346 g/mol. The number of nitrogens with zero attached hydrogens (tertiary/aromatic N) is 4. The van der Waals surface area contributed by atoms with E-state index in [1.54, 1.807) is 42.3 Å². The van der Waals surface area contributed by atoms with Crippen molar-refractivity contribution in [3.63, 3.8) is 0 Å². The van der Waals surface area contributed by atoms with Gasteiger partial charge in [-0.15, -0.1) is 0 Å². The van der Waals surface area contributed by atoms with E-state index in [1.165, 1.54) is 10.9 Å². The van der Waals surface area contributed by atoms with Crippen molar-refractivity contribution in [1.29, 1.82) is 5.26 Å². The molecule has 0 saturated heterocycles. The number of hydrogen-bond acceptors (Lipinski definition) is 4. The number of rotatable bonds is 5. The van der Waals surface area contributed by atoms with Crippen LogP contribution in [0.25, 0.3) is 10.9 Å². The van der Waals surface area contributed by atoms with Gasteiger partial charge in [0.05, 0.1) is 28.9 Å². The normalized spacial score (nSPS) is 10.5. The molecule has 0 spiro atoms. The Kier molecular flexibility index (Phi) is 5.09. The molecule has 0 unspecified atom stereocenters. The summed E-state index contributed by atoms with van der Waals surface area (Å²) in [4.78, 5) is 30.7. The fraction of sp³-hybridized carbons (Fsp3) is 0.200. The van der Waals surface area contributed by atoms with Crippen LogP contribution < -0.4 is 5.56 Å². The topological polar surface area (TPSA) is 79.0 Å². The third-order valence-electron chi connectivity index (χ3n) is 4.23. The first kappa shape index (κ1) is 17.4. The molecule has 6 heteroatoms. The maximum atomic E-state index is 12.4. The number of para-hydroxylation sites is 1. The van der Waals surface area contributed by atoms with E-state index in [4.69, 9.17) is 5.26 Å². The van der Waals surface area contributed by atoms with Gasteiger partial charge in [0.15, 0.2) is 0 Å². The molecule has 3 aromatic rings. The summed E-state index contributed by atoms with van der Waals surface area (Å²) < 4.78 is 1.47. The van der Waals surface area contributed by atoms with Gasteiger partial charge >= 0.3 is 0 Å². The first-order valence-electron chi connectivity index (χ1n) is 8.25. The number of aromatic nitrogens is 2. The van der Waals surface area contributed by atoms with Crippen molar-refractivity contribution in [3.8, 4) is 6.07 Å². The predicted octanol–water partition coefficient (Wildman–Crippen LogP) is 2.32. The summed E-state index contributed by atoms with van der Waals surface area (Å²) in [6.45, 7) is 0.739. The van der Waals surface area contributed by atoms with E-state index in [0.717, 1.165) is 5.56 Å². The van der Waals surface area contributed by atoms with Crippen LogP contribution in [0.15, 0.2) is 59.7 Å². The van der Waals surface area contributed by atoms with E-state index in [1.807, 2.05) is 18.2 Å². The molecule has 0 aliphatic heterocycles. The number of aryl methyl sites for hydroxylation is 1. The zero-order chi connectivity index (χ0) is 18.5. The number of nitriles is 1. The molecule has 1 heterocycles. The first-order chi connectivity index (χ1) is 12.6. The van der Waals surface area contributed by atoms with Gasteiger partial charge in [-0.1, -0.05) is 24.3 Å². The van der Waals surface area contributed by atoms with Gasteiger partial charge in [-0.2, -0.15) is 5.26 Å². The Labute approximate surface area is 150 Å². The van der Waals surface area contributed by atoms with Gasteiger partial charge in [-0.3, -0.25) is 14.2 Å². The summed E-state index contributed by atoms with van der Waals surface area (Å²) in [7, 11) is 1.72. The van der Waals surface area contributed by atoms with Crippen molar-refractivity contribution in [2.75, 3.05) is 7.05 Å². The number of fused-ring (bicyclic) bond motifs is 1. The summed E-state index contributed by atoms with van der Waals surface area (Å²) in [5, 5.41) is 9.37. The Morgan fingerprint density at radius 2 is 1.92 bits per heavy atom. The number of carbonyl (C=O) groups excluding carboxylic acids is 1. The van der Waals surface area contributed by atoms with Crippen molar-refractivity contribution in [2.45, 2.75) is 19.5 Å². The fourth-order valence-corrected chi connectivity index (χ4v) is 2.72. The number of amides is 1. The average Bonchev–Trinajstić information content (AvgIpc) is 2.68. The van der Waals surface area contributed by atoms with Crippen LogP contribution >= 0.6 is 0 Å². The zero-order valence-corrected chi connectivity index (χ0v) is 14.4. The quantitative estimate of drug-likeness (QED) is 0.710. The van der Waals surface area contributed by atoms with Gasteiger partial charge in [0.25, 0.3) is 5.56 Å². The van der Waals surface area contributed by atoms with Gasteiger partial charge in [-0.05, 0) is 29.8 Å². The number of carbonyl (C=O) groups is 1.